The maximum Gasteiger partial charge on any atom is 0.472 e. The fourth-order valence-corrected chi connectivity index (χ4v) is 12.5. The van der Waals surface area contributed by atoms with Crippen molar-refractivity contribution in [2.75, 3.05) is 39.6 Å². The second kappa shape index (κ2) is 64.1. The quantitative estimate of drug-likeness (QED) is 0.0222. The molecule has 0 fully saturated rings. The second-order valence-corrected chi connectivity index (χ2v) is 29.6. The van der Waals surface area contributed by atoms with Gasteiger partial charge in [-0.2, -0.15) is 0 Å². The summed E-state index contributed by atoms with van der Waals surface area (Å²) in [5, 5.41) is 10.6. The normalized spacial score (nSPS) is 14.4. The van der Waals surface area contributed by atoms with Crippen LogP contribution in [-0.2, 0) is 65.4 Å². The van der Waals surface area contributed by atoms with Crippen LogP contribution in [0.25, 0.3) is 0 Å². The lowest BCUT2D eigenvalue weighted by Crippen LogP contribution is -2.30. The van der Waals surface area contributed by atoms with Crippen molar-refractivity contribution >= 4 is 39.5 Å². The van der Waals surface area contributed by atoms with Crippen LogP contribution in [0.1, 0.15) is 369 Å². The number of unbranched alkanes of at least 4 members (excludes halogenated alkanes) is 40. The van der Waals surface area contributed by atoms with Gasteiger partial charge < -0.3 is 33.8 Å². The van der Waals surface area contributed by atoms with Crippen LogP contribution < -0.4 is 0 Å². The molecule has 91 heavy (non-hydrogen) atoms. The fourth-order valence-electron chi connectivity index (χ4n) is 10.9. The molecule has 6 atom stereocenters. The number of phosphoric acid groups is 2. The van der Waals surface area contributed by atoms with E-state index in [2.05, 4.69) is 41.5 Å². The summed E-state index contributed by atoms with van der Waals surface area (Å²) in [6, 6.07) is 0. The lowest BCUT2D eigenvalue weighted by molar-refractivity contribution is -0.161. The molecule has 0 saturated heterocycles. The average molecular weight is 1340 g/mol. The minimum Gasteiger partial charge on any atom is -0.462 e. The lowest BCUT2D eigenvalue weighted by atomic mass is 9.99. The molecule has 0 aromatic heterocycles. The molecule has 0 aliphatic heterocycles. The maximum absolute atomic E-state index is 13.0. The Labute approximate surface area is 556 Å². The molecule has 0 rings (SSSR count). The molecule has 0 aliphatic rings. The molecule has 3 N–H and O–H groups in total. The summed E-state index contributed by atoms with van der Waals surface area (Å²) >= 11 is 0. The topological polar surface area (TPSA) is 237 Å². The molecular weight excluding hydrogens is 1200 g/mol. The molecule has 0 heterocycles. The maximum atomic E-state index is 13.0. The van der Waals surface area contributed by atoms with Gasteiger partial charge in [0, 0.05) is 25.7 Å². The minimum atomic E-state index is -4.95. The van der Waals surface area contributed by atoms with Crippen molar-refractivity contribution in [3.63, 3.8) is 0 Å². The Morgan fingerprint density at radius 3 is 0.835 bits per heavy atom. The van der Waals surface area contributed by atoms with Gasteiger partial charge in [-0.3, -0.25) is 37.3 Å². The number of hydrogen-bond donors (Lipinski definition) is 3. The van der Waals surface area contributed by atoms with Crippen LogP contribution in [0.3, 0.4) is 0 Å². The van der Waals surface area contributed by atoms with Crippen molar-refractivity contribution in [3.8, 4) is 0 Å². The van der Waals surface area contributed by atoms with Crippen LogP contribution >= 0.6 is 15.6 Å². The van der Waals surface area contributed by atoms with Gasteiger partial charge in [-0.15, -0.1) is 0 Å². The third-order valence-corrected chi connectivity index (χ3v) is 19.0. The molecule has 17 nitrogen and oxygen atoms in total. The number of hydrogen-bond acceptors (Lipinski definition) is 15. The predicted octanol–water partition coefficient (Wildman–Crippen LogP) is 20.8. The molecule has 0 aromatic rings. The Morgan fingerprint density at radius 2 is 0.560 bits per heavy atom. The van der Waals surface area contributed by atoms with Crippen LogP contribution in [0.15, 0.2) is 0 Å². The van der Waals surface area contributed by atoms with E-state index in [1.165, 1.54) is 180 Å². The van der Waals surface area contributed by atoms with Crippen molar-refractivity contribution in [1.29, 1.82) is 0 Å². The van der Waals surface area contributed by atoms with E-state index < -0.39 is 97.5 Å². The highest BCUT2D eigenvalue weighted by Crippen LogP contribution is 2.45. The number of esters is 4. The molecule has 3 unspecified atom stereocenters. The lowest BCUT2D eigenvalue weighted by Gasteiger charge is -2.21. The van der Waals surface area contributed by atoms with Crippen molar-refractivity contribution in [1.82, 2.24) is 0 Å². The Balaban J connectivity index is 5.16. The van der Waals surface area contributed by atoms with E-state index in [9.17, 15) is 43.2 Å². The first-order valence-corrected chi connectivity index (χ1v) is 40.5. The van der Waals surface area contributed by atoms with Gasteiger partial charge in [0.15, 0.2) is 12.2 Å². The predicted molar refractivity (Wildman–Crippen MR) is 368 cm³/mol. The number of carbonyl (C=O) groups is 4. The fraction of sp³-hybridized carbons (Fsp3) is 0.944. The van der Waals surface area contributed by atoms with Gasteiger partial charge in [0.2, 0.25) is 0 Å². The van der Waals surface area contributed by atoms with Crippen LogP contribution in [0.4, 0.5) is 0 Å². The Morgan fingerprint density at radius 1 is 0.319 bits per heavy atom. The molecule has 0 amide bonds. The van der Waals surface area contributed by atoms with Gasteiger partial charge in [0.1, 0.15) is 19.3 Å². The van der Waals surface area contributed by atoms with E-state index in [4.69, 9.17) is 37.0 Å². The number of aliphatic hydroxyl groups excluding tert-OH is 1. The van der Waals surface area contributed by atoms with Crippen molar-refractivity contribution in [2.24, 2.45) is 11.8 Å². The standard InChI is InChI=1S/C72H140O17P2/c1-7-10-12-14-15-16-17-18-19-20-24-27-32-37-43-49-55-70(75)83-61-68(89-71(76)56-50-44-38-33-28-25-22-21-23-26-31-36-42-47-53-65(6)9-3)63-87-91(80,81)85-59-66(73)58-84-90(78,79)86-62-67(60-82-69(74)54-48-40-13-11-8-2)88-72(77)57-51-45-39-34-29-30-35-41-46-52-64(4)5/h64-68,73H,7-63H2,1-6H3,(H,78,79)(H,80,81)/t65?,66-,67+,68+/m0/s1. The highest BCUT2D eigenvalue weighted by Gasteiger charge is 2.30. The molecular formula is C72H140O17P2. The molecule has 0 bridgehead atoms. The van der Waals surface area contributed by atoms with Crippen LogP contribution in [-0.4, -0.2) is 96.7 Å². The molecule has 0 aromatic carbocycles. The number of phosphoric ester groups is 2. The largest absolute Gasteiger partial charge is 0.472 e. The van der Waals surface area contributed by atoms with Crippen molar-refractivity contribution in [3.05, 3.63) is 0 Å². The van der Waals surface area contributed by atoms with Crippen LogP contribution in [0.5, 0.6) is 0 Å². The first kappa shape index (κ1) is 89.1. The number of rotatable bonds is 71. The zero-order chi connectivity index (χ0) is 67.2. The highest BCUT2D eigenvalue weighted by molar-refractivity contribution is 7.47. The Hall–Kier alpha value is -1.94. The Bertz CT molecular complexity index is 1770. The molecule has 0 saturated carbocycles. The third-order valence-electron chi connectivity index (χ3n) is 17.1. The van der Waals surface area contributed by atoms with E-state index >= 15 is 0 Å². The summed E-state index contributed by atoms with van der Waals surface area (Å²) in [7, 11) is -9.89. The zero-order valence-electron chi connectivity index (χ0n) is 59.1. The number of carbonyl (C=O) groups excluding carboxylic acids is 4. The van der Waals surface area contributed by atoms with E-state index in [0.717, 1.165) is 108 Å². The first-order valence-electron chi connectivity index (χ1n) is 37.5. The summed E-state index contributed by atoms with van der Waals surface area (Å²) in [6.07, 6.45) is 50.3. The molecule has 540 valence electrons. The summed E-state index contributed by atoms with van der Waals surface area (Å²) in [5.41, 5.74) is 0. The number of ether oxygens (including phenoxy) is 4. The summed E-state index contributed by atoms with van der Waals surface area (Å²) in [5.74, 6) is -0.550. The van der Waals surface area contributed by atoms with E-state index in [0.29, 0.717) is 25.7 Å². The monoisotopic (exact) mass is 1340 g/mol. The van der Waals surface area contributed by atoms with E-state index in [-0.39, 0.29) is 25.7 Å². The van der Waals surface area contributed by atoms with Crippen LogP contribution in [0, 0.1) is 11.8 Å². The Kier molecular flexibility index (Phi) is 62.7. The van der Waals surface area contributed by atoms with Gasteiger partial charge in [0.05, 0.1) is 26.4 Å². The second-order valence-electron chi connectivity index (χ2n) is 26.7. The van der Waals surface area contributed by atoms with Gasteiger partial charge in [-0.1, -0.05) is 318 Å². The van der Waals surface area contributed by atoms with Crippen molar-refractivity contribution in [2.45, 2.75) is 387 Å². The molecule has 19 heteroatoms. The van der Waals surface area contributed by atoms with E-state index in [1.807, 2.05) is 0 Å². The number of aliphatic hydroxyl groups is 1. The van der Waals surface area contributed by atoms with Gasteiger partial charge in [-0.05, 0) is 37.5 Å². The average Bonchev–Trinajstić information content (AvgIpc) is 3.53. The molecule has 0 spiro atoms. The SMILES string of the molecule is CCCCCCCCCCCCCCCCCCC(=O)OC[C@H](COP(=O)(O)OC[C@@H](O)COP(=O)(O)OC[C@@H](COC(=O)CCCCCCC)OC(=O)CCCCCCCCCCCC(C)C)OC(=O)CCCCCCCCCCCCCCCCC(C)CC. The summed E-state index contributed by atoms with van der Waals surface area (Å²) < 4.78 is 68.2. The first-order chi connectivity index (χ1) is 43.9. The van der Waals surface area contributed by atoms with Crippen LogP contribution in [0.2, 0.25) is 0 Å². The summed E-state index contributed by atoms with van der Waals surface area (Å²) in [4.78, 5) is 72.4. The van der Waals surface area contributed by atoms with Gasteiger partial charge in [0.25, 0.3) is 0 Å². The van der Waals surface area contributed by atoms with Gasteiger partial charge >= 0.3 is 39.5 Å². The smallest absolute Gasteiger partial charge is 0.462 e. The summed E-state index contributed by atoms with van der Waals surface area (Å²) in [6.45, 7) is 9.51. The van der Waals surface area contributed by atoms with Crippen molar-refractivity contribution < 1.29 is 80.2 Å². The zero-order valence-corrected chi connectivity index (χ0v) is 60.9. The highest BCUT2D eigenvalue weighted by atomic mass is 31.2. The third kappa shape index (κ3) is 65.1. The minimum absolute atomic E-state index is 0.104. The molecule has 0 radical (unpaired) electrons. The van der Waals surface area contributed by atoms with Gasteiger partial charge in [-0.25, -0.2) is 9.13 Å². The molecule has 0 aliphatic carbocycles. The van der Waals surface area contributed by atoms with E-state index in [1.54, 1.807) is 0 Å².